The molecule has 1 N–H and O–H groups in total. The van der Waals surface area contributed by atoms with E-state index in [0.29, 0.717) is 12.1 Å². The Hall–Kier alpha value is -1.62. The minimum Gasteiger partial charge on any atom is -0.310 e. The fraction of sp³-hybridized carbons (Fsp3) is 0.500. The summed E-state index contributed by atoms with van der Waals surface area (Å²) in [7, 11) is 3.12. The standard InChI is InChI=1S/C12H19N3O2/c1-5-6-9(2)13-7-10-8-14(3)12(17)15(4)11(10)16/h5,8-9,13H,1,6-7H2,2-4H3. The van der Waals surface area contributed by atoms with Crippen LogP contribution in [0.15, 0.2) is 28.4 Å². The Morgan fingerprint density at radius 1 is 1.47 bits per heavy atom. The number of aryl methyl sites for hydroxylation is 1. The van der Waals surface area contributed by atoms with E-state index in [1.54, 1.807) is 13.2 Å². The Morgan fingerprint density at radius 2 is 2.12 bits per heavy atom. The maximum absolute atomic E-state index is 11.8. The summed E-state index contributed by atoms with van der Waals surface area (Å²) in [4.78, 5) is 23.3. The predicted molar refractivity (Wildman–Crippen MR) is 68.0 cm³/mol. The molecule has 0 aliphatic rings. The lowest BCUT2D eigenvalue weighted by molar-refractivity contribution is 0.542. The van der Waals surface area contributed by atoms with Crippen LogP contribution in [0.5, 0.6) is 0 Å². The third-order valence-electron chi connectivity index (χ3n) is 2.68. The predicted octanol–water partition coefficient (Wildman–Crippen LogP) is 0.138. The van der Waals surface area contributed by atoms with Gasteiger partial charge in [0.05, 0.1) is 0 Å². The van der Waals surface area contributed by atoms with Crippen LogP contribution in [0.2, 0.25) is 0 Å². The summed E-state index contributed by atoms with van der Waals surface area (Å²) in [6.07, 6.45) is 4.25. The van der Waals surface area contributed by atoms with Gasteiger partial charge in [-0.25, -0.2) is 4.79 Å². The second-order valence-electron chi connectivity index (χ2n) is 4.22. The SMILES string of the molecule is C=CCC(C)NCc1cn(C)c(=O)n(C)c1=O. The molecule has 5 nitrogen and oxygen atoms in total. The van der Waals surface area contributed by atoms with Crippen molar-refractivity contribution in [2.24, 2.45) is 14.1 Å². The number of nitrogens with one attached hydrogen (secondary N) is 1. The van der Waals surface area contributed by atoms with E-state index >= 15 is 0 Å². The molecule has 0 radical (unpaired) electrons. The van der Waals surface area contributed by atoms with Crippen molar-refractivity contribution in [1.29, 1.82) is 0 Å². The molecule has 0 aliphatic heterocycles. The van der Waals surface area contributed by atoms with Crippen LogP contribution in [-0.2, 0) is 20.6 Å². The summed E-state index contributed by atoms with van der Waals surface area (Å²) in [5.74, 6) is 0. The second-order valence-corrected chi connectivity index (χ2v) is 4.22. The topological polar surface area (TPSA) is 56.0 Å². The minimum absolute atomic E-state index is 0.244. The first-order valence-corrected chi connectivity index (χ1v) is 5.57. The molecule has 1 unspecified atom stereocenters. The molecule has 1 rings (SSSR count). The summed E-state index contributed by atoms with van der Waals surface area (Å²) in [5.41, 5.74) is 0.0369. The van der Waals surface area contributed by atoms with Gasteiger partial charge < -0.3 is 9.88 Å². The van der Waals surface area contributed by atoms with E-state index < -0.39 is 0 Å². The minimum atomic E-state index is -0.308. The zero-order valence-corrected chi connectivity index (χ0v) is 10.6. The molecule has 17 heavy (non-hydrogen) atoms. The highest BCUT2D eigenvalue weighted by atomic mass is 16.2. The summed E-state index contributed by atoms with van der Waals surface area (Å²) < 4.78 is 2.53. The van der Waals surface area contributed by atoms with Gasteiger partial charge in [0, 0.05) is 38.4 Å². The molecule has 1 aromatic rings. The van der Waals surface area contributed by atoms with Gasteiger partial charge in [0.25, 0.3) is 5.56 Å². The smallest absolute Gasteiger partial charge is 0.310 e. The second kappa shape index (κ2) is 5.63. The molecular formula is C12H19N3O2. The van der Waals surface area contributed by atoms with Crippen LogP contribution >= 0.6 is 0 Å². The third-order valence-corrected chi connectivity index (χ3v) is 2.68. The Bertz CT molecular complexity index is 513. The first-order chi connectivity index (χ1) is 7.97. The lowest BCUT2D eigenvalue weighted by atomic mass is 10.2. The lowest BCUT2D eigenvalue weighted by Gasteiger charge is -2.12. The lowest BCUT2D eigenvalue weighted by Crippen LogP contribution is -2.40. The summed E-state index contributed by atoms with van der Waals surface area (Å²) >= 11 is 0. The van der Waals surface area contributed by atoms with E-state index in [2.05, 4.69) is 11.9 Å². The van der Waals surface area contributed by atoms with E-state index in [9.17, 15) is 9.59 Å². The van der Waals surface area contributed by atoms with E-state index in [1.807, 2.05) is 13.0 Å². The quantitative estimate of drug-likeness (QED) is 0.741. The van der Waals surface area contributed by atoms with E-state index in [4.69, 9.17) is 0 Å². The van der Waals surface area contributed by atoms with Crippen molar-refractivity contribution >= 4 is 0 Å². The molecule has 0 aliphatic carbocycles. The van der Waals surface area contributed by atoms with Gasteiger partial charge in [0.1, 0.15) is 0 Å². The Balaban J connectivity index is 2.90. The summed E-state index contributed by atoms with van der Waals surface area (Å²) in [6, 6.07) is 0.259. The fourth-order valence-corrected chi connectivity index (χ4v) is 1.62. The molecule has 1 aromatic heterocycles. The van der Waals surface area contributed by atoms with Gasteiger partial charge in [-0.2, -0.15) is 0 Å². The number of nitrogens with zero attached hydrogens (tertiary/aromatic N) is 2. The maximum atomic E-state index is 11.8. The van der Waals surface area contributed by atoms with Crippen molar-refractivity contribution < 1.29 is 0 Å². The van der Waals surface area contributed by atoms with Crippen LogP contribution in [0.25, 0.3) is 0 Å². The molecule has 0 aromatic carbocycles. The Kier molecular flexibility index (Phi) is 4.45. The zero-order valence-electron chi connectivity index (χ0n) is 10.6. The van der Waals surface area contributed by atoms with Crippen molar-refractivity contribution in [3.63, 3.8) is 0 Å². The van der Waals surface area contributed by atoms with Crippen LogP contribution in [0, 0.1) is 0 Å². The molecule has 0 fully saturated rings. The van der Waals surface area contributed by atoms with Crippen molar-refractivity contribution in [1.82, 2.24) is 14.5 Å². The monoisotopic (exact) mass is 237 g/mol. The van der Waals surface area contributed by atoms with Gasteiger partial charge in [0.15, 0.2) is 0 Å². The van der Waals surface area contributed by atoms with Gasteiger partial charge in [0.2, 0.25) is 0 Å². The third kappa shape index (κ3) is 3.17. The van der Waals surface area contributed by atoms with Gasteiger partial charge in [-0.15, -0.1) is 6.58 Å². The average Bonchev–Trinajstić information content (AvgIpc) is 2.30. The first kappa shape index (κ1) is 13.4. The molecule has 0 amide bonds. The molecule has 1 atom stereocenters. The average molecular weight is 237 g/mol. The van der Waals surface area contributed by atoms with Gasteiger partial charge in [-0.3, -0.25) is 9.36 Å². The highest BCUT2D eigenvalue weighted by molar-refractivity contribution is 5.05. The molecule has 5 heteroatoms. The number of aromatic nitrogens is 2. The summed E-state index contributed by atoms with van der Waals surface area (Å²) in [5, 5.41) is 3.21. The van der Waals surface area contributed by atoms with Crippen LogP contribution in [0.4, 0.5) is 0 Å². The largest absolute Gasteiger partial charge is 0.330 e. The maximum Gasteiger partial charge on any atom is 0.330 e. The number of rotatable bonds is 5. The van der Waals surface area contributed by atoms with Crippen LogP contribution in [0.3, 0.4) is 0 Å². The highest BCUT2D eigenvalue weighted by Crippen LogP contribution is 1.94. The van der Waals surface area contributed by atoms with Gasteiger partial charge in [-0.05, 0) is 13.3 Å². The molecule has 1 heterocycles. The van der Waals surface area contributed by atoms with Crippen molar-refractivity contribution in [3.8, 4) is 0 Å². The first-order valence-electron chi connectivity index (χ1n) is 5.57. The fourth-order valence-electron chi connectivity index (χ4n) is 1.62. The Morgan fingerprint density at radius 3 is 2.71 bits per heavy atom. The number of hydrogen-bond acceptors (Lipinski definition) is 3. The van der Waals surface area contributed by atoms with Crippen LogP contribution in [0.1, 0.15) is 18.9 Å². The van der Waals surface area contributed by atoms with E-state index in [1.165, 1.54) is 11.6 Å². The molecule has 0 saturated carbocycles. The molecular weight excluding hydrogens is 218 g/mol. The molecule has 0 bridgehead atoms. The van der Waals surface area contributed by atoms with Crippen molar-refractivity contribution in [3.05, 3.63) is 45.3 Å². The van der Waals surface area contributed by atoms with Gasteiger partial charge in [-0.1, -0.05) is 6.08 Å². The van der Waals surface area contributed by atoms with E-state index in [0.717, 1.165) is 11.0 Å². The molecule has 94 valence electrons. The van der Waals surface area contributed by atoms with Crippen molar-refractivity contribution in [2.75, 3.05) is 0 Å². The van der Waals surface area contributed by atoms with Crippen molar-refractivity contribution in [2.45, 2.75) is 25.9 Å². The highest BCUT2D eigenvalue weighted by Gasteiger charge is 2.07. The molecule has 0 spiro atoms. The zero-order chi connectivity index (χ0) is 13.0. The summed E-state index contributed by atoms with van der Waals surface area (Å²) in [6.45, 7) is 6.14. The molecule has 0 saturated heterocycles. The van der Waals surface area contributed by atoms with Crippen LogP contribution < -0.4 is 16.6 Å². The van der Waals surface area contributed by atoms with Gasteiger partial charge >= 0.3 is 5.69 Å². The van der Waals surface area contributed by atoms with Crippen LogP contribution in [-0.4, -0.2) is 15.2 Å². The normalized spacial score (nSPS) is 12.4. The Labute approximate surface area is 100 Å². The van der Waals surface area contributed by atoms with E-state index in [-0.39, 0.29) is 17.3 Å². The number of hydrogen-bond donors (Lipinski definition) is 1.